The second-order valence-electron chi connectivity index (χ2n) is 12.0. The van der Waals surface area contributed by atoms with Crippen LogP contribution in [0.25, 0.3) is 11.0 Å². The molecule has 0 aliphatic rings. The normalized spacial score (nSPS) is 11.1. The van der Waals surface area contributed by atoms with Gasteiger partial charge < -0.3 is 20.9 Å². The first kappa shape index (κ1) is 32.7. The van der Waals surface area contributed by atoms with E-state index in [9.17, 15) is 4.79 Å². The van der Waals surface area contributed by atoms with Gasteiger partial charge in [0.2, 0.25) is 0 Å². The number of nitrogens with one attached hydrogen (secondary N) is 1. The third-order valence-corrected chi connectivity index (χ3v) is 8.90. The molecule has 8 heteroatoms. The third-order valence-electron chi connectivity index (χ3n) is 8.65. The molecule has 0 saturated carbocycles. The minimum atomic E-state index is -0.0688. The van der Waals surface area contributed by atoms with Crippen molar-refractivity contribution in [2.24, 2.45) is 11.5 Å². The molecule has 5 aromatic carbocycles. The van der Waals surface area contributed by atoms with Gasteiger partial charge >= 0.3 is 0 Å². The van der Waals surface area contributed by atoms with Gasteiger partial charge in [-0.2, -0.15) is 0 Å². The van der Waals surface area contributed by atoms with Crippen molar-refractivity contribution in [2.75, 3.05) is 0 Å². The maximum absolute atomic E-state index is 14.2. The van der Waals surface area contributed by atoms with Gasteiger partial charge in [0.1, 0.15) is 11.7 Å². The standard InChI is InChI=1S/C40H39ClN6O/c41-35-18-12-32(13-19-35)27-46(26-31-8-6-30(25-42)7-9-31)40(48)34-17-20-37-36(24-34)45-38(47(37)23-22-28-4-2-1-3-5-28)21-14-29-10-15-33(16-11-29)39(43)44/h1-13,15-20,24H,14,21-23,25-27,42H2,(H3,43,44). The van der Waals surface area contributed by atoms with Crippen molar-refractivity contribution in [3.63, 3.8) is 0 Å². The van der Waals surface area contributed by atoms with Crippen LogP contribution in [0.4, 0.5) is 0 Å². The summed E-state index contributed by atoms with van der Waals surface area (Å²) in [7, 11) is 0. The first-order valence-electron chi connectivity index (χ1n) is 16.1. The van der Waals surface area contributed by atoms with Crippen molar-refractivity contribution in [3.05, 3.63) is 171 Å². The van der Waals surface area contributed by atoms with Crippen molar-refractivity contribution >= 4 is 34.4 Å². The second kappa shape index (κ2) is 15.1. The van der Waals surface area contributed by atoms with Gasteiger partial charge in [-0.05, 0) is 71.0 Å². The Bertz CT molecular complexity index is 2000. The zero-order chi connectivity index (χ0) is 33.5. The van der Waals surface area contributed by atoms with Crippen molar-refractivity contribution in [1.82, 2.24) is 14.5 Å². The molecule has 0 spiro atoms. The predicted octanol–water partition coefficient (Wildman–Crippen LogP) is 7.30. The molecule has 0 unspecified atom stereocenters. The molecule has 1 amide bonds. The number of amidine groups is 1. The lowest BCUT2D eigenvalue weighted by Gasteiger charge is -2.23. The molecule has 0 bridgehead atoms. The molecular weight excluding hydrogens is 616 g/mol. The van der Waals surface area contributed by atoms with Gasteiger partial charge in [-0.15, -0.1) is 0 Å². The van der Waals surface area contributed by atoms with Crippen molar-refractivity contribution in [2.45, 2.75) is 45.4 Å². The van der Waals surface area contributed by atoms with Gasteiger partial charge in [-0.1, -0.05) is 103 Å². The zero-order valence-corrected chi connectivity index (χ0v) is 27.5. The van der Waals surface area contributed by atoms with E-state index in [1.165, 1.54) is 5.56 Å². The van der Waals surface area contributed by atoms with Crippen LogP contribution in [0.2, 0.25) is 5.02 Å². The topological polar surface area (TPSA) is 114 Å². The highest BCUT2D eigenvalue weighted by Crippen LogP contribution is 2.23. The lowest BCUT2D eigenvalue weighted by Crippen LogP contribution is -2.30. The molecule has 6 rings (SSSR count). The van der Waals surface area contributed by atoms with Crippen LogP contribution < -0.4 is 11.5 Å². The first-order valence-corrected chi connectivity index (χ1v) is 16.5. The van der Waals surface area contributed by atoms with Crippen LogP contribution in [-0.4, -0.2) is 26.2 Å². The molecular formula is C40H39ClN6O. The van der Waals surface area contributed by atoms with E-state index in [1.807, 2.05) is 102 Å². The average Bonchev–Trinajstić information content (AvgIpc) is 3.47. The Balaban J connectivity index is 1.30. The molecule has 0 saturated heterocycles. The Morgan fingerprint density at radius 2 is 1.29 bits per heavy atom. The Morgan fingerprint density at radius 1 is 0.708 bits per heavy atom. The number of rotatable bonds is 13. The molecule has 0 fully saturated rings. The number of benzene rings is 5. The number of aromatic nitrogens is 2. The molecule has 5 N–H and O–H groups in total. The number of amides is 1. The minimum Gasteiger partial charge on any atom is -0.384 e. The SMILES string of the molecule is N=C(N)c1ccc(CCc2nc3cc(C(=O)N(Cc4ccc(Cl)cc4)Cc4ccc(CN)cc4)ccc3n2CCc2ccccc2)cc1. The number of carbonyl (C=O) groups excluding carboxylic acids is 1. The highest BCUT2D eigenvalue weighted by molar-refractivity contribution is 6.30. The quantitative estimate of drug-likeness (QED) is 0.0895. The molecule has 6 aromatic rings. The highest BCUT2D eigenvalue weighted by Gasteiger charge is 2.20. The summed E-state index contributed by atoms with van der Waals surface area (Å²) in [6, 6.07) is 39.8. The van der Waals surface area contributed by atoms with E-state index < -0.39 is 0 Å². The lowest BCUT2D eigenvalue weighted by molar-refractivity contribution is 0.0730. The molecule has 0 atom stereocenters. The van der Waals surface area contributed by atoms with Gasteiger partial charge in [0, 0.05) is 48.7 Å². The molecule has 1 heterocycles. The van der Waals surface area contributed by atoms with E-state index in [4.69, 9.17) is 33.5 Å². The molecule has 7 nitrogen and oxygen atoms in total. The van der Waals surface area contributed by atoms with E-state index in [1.54, 1.807) is 0 Å². The maximum Gasteiger partial charge on any atom is 0.254 e. The van der Waals surface area contributed by atoms with Crippen LogP contribution in [0, 0.1) is 5.41 Å². The lowest BCUT2D eigenvalue weighted by atomic mass is 10.1. The number of fused-ring (bicyclic) bond motifs is 1. The fraction of sp³-hybridized carbons (Fsp3) is 0.175. The Labute approximate surface area is 286 Å². The van der Waals surface area contributed by atoms with E-state index in [0.29, 0.717) is 35.8 Å². The highest BCUT2D eigenvalue weighted by atomic mass is 35.5. The Kier molecular flexibility index (Phi) is 10.3. The van der Waals surface area contributed by atoms with Gasteiger partial charge in [0.05, 0.1) is 11.0 Å². The summed E-state index contributed by atoms with van der Waals surface area (Å²) in [4.78, 5) is 21.2. The van der Waals surface area contributed by atoms with Crippen molar-refractivity contribution in [1.29, 1.82) is 5.41 Å². The largest absolute Gasteiger partial charge is 0.384 e. The Hall–Kier alpha value is -5.24. The fourth-order valence-electron chi connectivity index (χ4n) is 5.94. The number of carbonyl (C=O) groups is 1. The Morgan fingerprint density at radius 3 is 1.94 bits per heavy atom. The molecule has 0 radical (unpaired) electrons. The van der Waals surface area contributed by atoms with E-state index >= 15 is 0 Å². The van der Waals surface area contributed by atoms with E-state index in [2.05, 4.69) is 28.8 Å². The van der Waals surface area contributed by atoms with Crippen LogP contribution in [-0.2, 0) is 45.4 Å². The zero-order valence-electron chi connectivity index (χ0n) is 26.8. The number of halogens is 1. The molecule has 1 aromatic heterocycles. The van der Waals surface area contributed by atoms with Crippen molar-refractivity contribution in [3.8, 4) is 0 Å². The van der Waals surface area contributed by atoms with Gasteiger partial charge in [0.15, 0.2) is 0 Å². The fourth-order valence-corrected chi connectivity index (χ4v) is 6.07. The monoisotopic (exact) mass is 654 g/mol. The molecule has 48 heavy (non-hydrogen) atoms. The van der Waals surface area contributed by atoms with Gasteiger partial charge in [0.25, 0.3) is 5.91 Å². The molecule has 0 aliphatic heterocycles. The summed E-state index contributed by atoms with van der Waals surface area (Å²) >= 11 is 6.16. The average molecular weight is 655 g/mol. The van der Waals surface area contributed by atoms with Crippen LogP contribution in [0.1, 0.15) is 49.6 Å². The first-order chi connectivity index (χ1) is 23.4. The summed E-state index contributed by atoms with van der Waals surface area (Å²) in [6.45, 7) is 2.13. The van der Waals surface area contributed by atoms with Gasteiger partial charge in [-0.3, -0.25) is 10.2 Å². The third kappa shape index (κ3) is 8.00. The van der Waals surface area contributed by atoms with Crippen molar-refractivity contribution < 1.29 is 4.79 Å². The summed E-state index contributed by atoms with van der Waals surface area (Å²) in [5.74, 6) is 0.964. The number of hydrogen-bond donors (Lipinski definition) is 3. The maximum atomic E-state index is 14.2. The second-order valence-corrected chi connectivity index (χ2v) is 12.5. The summed E-state index contributed by atoms with van der Waals surface area (Å²) < 4.78 is 2.28. The molecule has 242 valence electrons. The molecule has 0 aliphatic carbocycles. The number of imidazole rings is 1. The number of nitrogens with zero attached hydrogens (tertiary/aromatic N) is 3. The van der Waals surface area contributed by atoms with Crippen LogP contribution in [0.3, 0.4) is 0 Å². The van der Waals surface area contributed by atoms with E-state index in [0.717, 1.165) is 64.9 Å². The summed E-state index contributed by atoms with van der Waals surface area (Å²) in [5.41, 5.74) is 20.1. The number of nitrogen functional groups attached to an aromatic ring is 1. The van der Waals surface area contributed by atoms with Gasteiger partial charge in [-0.25, -0.2) is 4.98 Å². The summed E-state index contributed by atoms with van der Waals surface area (Å²) in [5, 5.41) is 8.35. The van der Waals surface area contributed by atoms with Crippen LogP contribution in [0.15, 0.2) is 121 Å². The number of aryl methyl sites for hydroxylation is 4. The summed E-state index contributed by atoms with van der Waals surface area (Å²) in [6.07, 6.45) is 2.38. The predicted molar refractivity (Wildman–Crippen MR) is 194 cm³/mol. The minimum absolute atomic E-state index is 0.0610. The van der Waals surface area contributed by atoms with Crippen LogP contribution in [0.5, 0.6) is 0 Å². The van der Waals surface area contributed by atoms with E-state index in [-0.39, 0.29) is 11.7 Å². The smallest absolute Gasteiger partial charge is 0.254 e. The number of hydrogen-bond acceptors (Lipinski definition) is 4. The van der Waals surface area contributed by atoms with Crippen LogP contribution >= 0.6 is 11.6 Å². The number of nitrogens with two attached hydrogens (primary N) is 2.